The molecule has 0 saturated carbocycles. The lowest BCUT2D eigenvalue weighted by molar-refractivity contribution is -0.143. The van der Waals surface area contributed by atoms with Gasteiger partial charge in [-0.05, 0) is 37.5 Å². The van der Waals surface area contributed by atoms with Crippen molar-refractivity contribution >= 4 is 17.4 Å². The molecule has 0 radical (unpaired) electrons. The van der Waals surface area contributed by atoms with E-state index in [9.17, 15) is 9.59 Å². The largest absolute Gasteiger partial charge is 0.465 e. The fourth-order valence-electron chi connectivity index (χ4n) is 2.35. The number of rotatable bonds is 6. The summed E-state index contributed by atoms with van der Waals surface area (Å²) in [5.74, 6) is -0.777. The van der Waals surface area contributed by atoms with Gasteiger partial charge in [-0.25, -0.2) is 0 Å². The summed E-state index contributed by atoms with van der Waals surface area (Å²) in [6.07, 6.45) is 1.52. The molecular weight excluding hydrogens is 314 g/mol. The van der Waals surface area contributed by atoms with E-state index in [0.717, 1.165) is 27.8 Å². The molecule has 0 aliphatic heterocycles. The van der Waals surface area contributed by atoms with E-state index in [1.54, 1.807) is 6.92 Å². The van der Waals surface area contributed by atoms with E-state index in [0.29, 0.717) is 6.61 Å². The number of carbonyl (C=O) groups excluding carboxylic acids is 2. The molecule has 0 spiro atoms. The van der Waals surface area contributed by atoms with Crippen LogP contribution in [0.3, 0.4) is 0 Å². The molecule has 0 saturated heterocycles. The van der Waals surface area contributed by atoms with Crippen LogP contribution in [0, 0.1) is 13.8 Å². The summed E-state index contributed by atoms with van der Waals surface area (Å²) in [4.78, 5) is 23.6. The molecule has 0 aliphatic rings. The third-order valence-electron chi connectivity index (χ3n) is 3.71. The van der Waals surface area contributed by atoms with Gasteiger partial charge in [-0.2, -0.15) is 0 Å². The van der Waals surface area contributed by atoms with Crippen LogP contribution in [0.15, 0.2) is 54.6 Å². The van der Waals surface area contributed by atoms with Crippen molar-refractivity contribution in [3.8, 4) is 0 Å². The molecule has 1 amide bonds. The number of esters is 1. The van der Waals surface area contributed by atoms with Crippen LogP contribution in [0.2, 0.25) is 0 Å². The van der Waals surface area contributed by atoms with Gasteiger partial charge in [0.05, 0.1) is 6.61 Å². The predicted octanol–water partition coefficient (Wildman–Crippen LogP) is 3.41. The minimum atomic E-state index is -0.448. The third-order valence-corrected chi connectivity index (χ3v) is 3.71. The predicted molar refractivity (Wildman–Crippen MR) is 99.1 cm³/mol. The summed E-state index contributed by atoms with van der Waals surface area (Å²) in [6.45, 7) is 5.92. The van der Waals surface area contributed by atoms with E-state index in [2.05, 4.69) is 5.32 Å². The summed E-state index contributed by atoms with van der Waals surface area (Å²) in [6, 6.07) is 16.0. The Morgan fingerprint density at radius 1 is 0.920 bits per heavy atom. The zero-order valence-corrected chi connectivity index (χ0v) is 14.8. The highest BCUT2D eigenvalue weighted by molar-refractivity contribution is 6.00. The number of ether oxygens (including phenoxy) is 1. The van der Waals surface area contributed by atoms with Gasteiger partial charge in [0.2, 0.25) is 5.91 Å². The Morgan fingerprint density at radius 3 is 1.84 bits per heavy atom. The van der Waals surface area contributed by atoms with Gasteiger partial charge in [-0.3, -0.25) is 9.59 Å². The molecule has 2 aromatic carbocycles. The van der Waals surface area contributed by atoms with Crippen molar-refractivity contribution in [2.75, 3.05) is 13.2 Å². The first-order chi connectivity index (χ1) is 12.0. The second-order valence-electron chi connectivity index (χ2n) is 5.81. The van der Waals surface area contributed by atoms with Gasteiger partial charge in [-0.15, -0.1) is 0 Å². The van der Waals surface area contributed by atoms with Crippen molar-refractivity contribution in [3.63, 3.8) is 0 Å². The summed E-state index contributed by atoms with van der Waals surface area (Å²) >= 11 is 0. The lowest BCUT2D eigenvalue weighted by Gasteiger charge is -2.10. The summed E-state index contributed by atoms with van der Waals surface area (Å²) < 4.78 is 4.82. The number of carbonyl (C=O) groups is 2. The van der Waals surface area contributed by atoms with Crippen LogP contribution in [0.1, 0.15) is 29.2 Å². The van der Waals surface area contributed by atoms with Crippen molar-refractivity contribution in [2.45, 2.75) is 20.8 Å². The fraction of sp³-hybridized carbons (Fsp3) is 0.238. The van der Waals surface area contributed by atoms with E-state index in [4.69, 9.17) is 4.74 Å². The van der Waals surface area contributed by atoms with E-state index < -0.39 is 5.97 Å². The average molecular weight is 337 g/mol. The van der Waals surface area contributed by atoms with Crippen molar-refractivity contribution in [1.29, 1.82) is 0 Å². The fourth-order valence-corrected chi connectivity index (χ4v) is 2.35. The van der Waals surface area contributed by atoms with Crippen LogP contribution in [-0.2, 0) is 14.3 Å². The molecular formula is C21H23NO3. The third kappa shape index (κ3) is 5.60. The highest BCUT2D eigenvalue weighted by Gasteiger charge is 2.09. The second-order valence-corrected chi connectivity index (χ2v) is 5.81. The minimum absolute atomic E-state index is 0.141. The van der Waals surface area contributed by atoms with Crippen LogP contribution in [0.25, 0.3) is 5.57 Å². The van der Waals surface area contributed by atoms with Gasteiger partial charge in [0.25, 0.3) is 0 Å². The van der Waals surface area contributed by atoms with Gasteiger partial charge >= 0.3 is 5.97 Å². The van der Waals surface area contributed by atoms with Crippen molar-refractivity contribution in [1.82, 2.24) is 5.32 Å². The minimum Gasteiger partial charge on any atom is -0.465 e. The van der Waals surface area contributed by atoms with Gasteiger partial charge in [0.1, 0.15) is 6.54 Å². The maximum atomic E-state index is 12.2. The maximum Gasteiger partial charge on any atom is 0.325 e. The Hall–Kier alpha value is -2.88. The SMILES string of the molecule is CCOC(=O)CNC(=O)C=C(c1ccc(C)cc1)c1ccc(C)cc1. The first kappa shape index (κ1) is 18.5. The molecule has 0 bridgehead atoms. The van der Waals surface area contributed by atoms with Gasteiger partial charge < -0.3 is 10.1 Å². The average Bonchev–Trinajstić information content (AvgIpc) is 2.60. The highest BCUT2D eigenvalue weighted by Crippen LogP contribution is 2.24. The Bertz CT molecular complexity index is 711. The molecule has 4 nitrogen and oxygen atoms in total. The number of amides is 1. The molecule has 4 heteroatoms. The van der Waals surface area contributed by atoms with Crippen LogP contribution >= 0.6 is 0 Å². The van der Waals surface area contributed by atoms with E-state index in [1.807, 2.05) is 62.4 Å². The first-order valence-corrected chi connectivity index (χ1v) is 8.29. The second kappa shape index (κ2) is 8.83. The normalized spacial score (nSPS) is 10.0. The van der Waals surface area contributed by atoms with E-state index in [-0.39, 0.29) is 12.5 Å². The zero-order chi connectivity index (χ0) is 18.2. The molecule has 130 valence electrons. The Balaban J connectivity index is 2.27. The van der Waals surface area contributed by atoms with Crippen molar-refractivity contribution in [2.24, 2.45) is 0 Å². The smallest absolute Gasteiger partial charge is 0.325 e. The quantitative estimate of drug-likeness (QED) is 0.649. The monoisotopic (exact) mass is 337 g/mol. The molecule has 0 fully saturated rings. The molecule has 0 atom stereocenters. The topological polar surface area (TPSA) is 55.4 Å². The Labute approximate surface area is 148 Å². The molecule has 0 aliphatic carbocycles. The van der Waals surface area contributed by atoms with E-state index in [1.165, 1.54) is 6.08 Å². The Kier molecular flexibility index (Phi) is 6.52. The number of benzene rings is 2. The number of hydrogen-bond donors (Lipinski definition) is 1. The van der Waals surface area contributed by atoms with Crippen molar-refractivity contribution in [3.05, 3.63) is 76.9 Å². The molecule has 1 N–H and O–H groups in total. The number of hydrogen-bond acceptors (Lipinski definition) is 3. The van der Waals surface area contributed by atoms with Crippen LogP contribution in [0.4, 0.5) is 0 Å². The van der Waals surface area contributed by atoms with Crippen LogP contribution in [-0.4, -0.2) is 25.0 Å². The summed E-state index contributed by atoms with van der Waals surface area (Å²) in [5.41, 5.74) is 5.00. The lowest BCUT2D eigenvalue weighted by atomic mass is 9.96. The van der Waals surface area contributed by atoms with Gasteiger partial charge in [0.15, 0.2) is 0 Å². The van der Waals surface area contributed by atoms with Crippen LogP contribution < -0.4 is 5.32 Å². The highest BCUT2D eigenvalue weighted by atomic mass is 16.5. The summed E-state index contributed by atoms with van der Waals surface area (Å²) in [7, 11) is 0. The molecule has 2 aromatic rings. The van der Waals surface area contributed by atoms with E-state index >= 15 is 0 Å². The summed E-state index contributed by atoms with van der Waals surface area (Å²) in [5, 5.41) is 2.57. The molecule has 0 unspecified atom stereocenters. The van der Waals surface area contributed by atoms with Crippen LogP contribution in [0.5, 0.6) is 0 Å². The van der Waals surface area contributed by atoms with Gasteiger partial charge in [0, 0.05) is 6.08 Å². The molecule has 2 rings (SSSR count). The Morgan fingerprint density at radius 2 is 1.40 bits per heavy atom. The molecule has 0 heterocycles. The maximum absolute atomic E-state index is 12.2. The number of nitrogens with one attached hydrogen (secondary N) is 1. The lowest BCUT2D eigenvalue weighted by Crippen LogP contribution is -2.29. The molecule has 0 aromatic heterocycles. The number of aryl methyl sites for hydroxylation is 2. The zero-order valence-electron chi connectivity index (χ0n) is 14.8. The first-order valence-electron chi connectivity index (χ1n) is 8.29. The van der Waals surface area contributed by atoms with Gasteiger partial charge in [-0.1, -0.05) is 59.7 Å². The standard InChI is InChI=1S/C21H23NO3/c1-4-25-21(24)14-22-20(23)13-19(17-9-5-15(2)6-10-17)18-11-7-16(3)8-12-18/h5-13H,4,14H2,1-3H3,(H,22,23). The van der Waals surface area contributed by atoms with Crippen molar-refractivity contribution < 1.29 is 14.3 Å². The molecule has 25 heavy (non-hydrogen) atoms.